The van der Waals surface area contributed by atoms with Crippen molar-refractivity contribution < 1.29 is 18.3 Å². The Morgan fingerprint density at radius 3 is 2.40 bits per heavy atom. The molecule has 1 aromatic carbocycles. The van der Waals surface area contributed by atoms with Gasteiger partial charge in [0.1, 0.15) is 0 Å². The maximum atomic E-state index is 12.9. The first-order chi connectivity index (χ1) is 14.3. The fourth-order valence-electron chi connectivity index (χ4n) is 4.55. The average Bonchev–Trinajstić information content (AvgIpc) is 2.71. The zero-order chi connectivity index (χ0) is 21.7. The minimum absolute atomic E-state index is 0.0517. The van der Waals surface area contributed by atoms with Gasteiger partial charge in [-0.2, -0.15) is 13.2 Å². The predicted molar refractivity (Wildman–Crippen MR) is 112 cm³/mol. The number of piperidine rings is 2. The van der Waals surface area contributed by atoms with Crippen molar-refractivity contribution in [1.82, 2.24) is 15.1 Å². The molecule has 30 heavy (non-hydrogen) atoms. The Morgan fingerprint density at radius 2 is 1.80 bits per heavy atom. The van der Waals surface area contributed by atoms with Crippen molar-refractivity contribution in [2.75, 3.05) is 39.8 Å². The molecule has 2 unspecified atom stereocenters. The number of alkyl halides is 3. The van der Waals surface area contributed by atoms with Crippen molar-refractivity contribution in [3.63, 3.8) is 0 Å². The lowest BCUT2D eigenvalue weighted by Gasteiger charge is -2.39. The minimum Gasteiger partial charge on any atom is -0.393 e. The largest absolute Gasteiger partial charge is 0.416 e. The molecule has 8 heteroatoms. The van der Waals surface area contributed by atoms with E-state index >= 15 is 0 Å². The van der Waals surface area contributed by atoms with Gasteiger partial charge in [0.25, 0.3) is 0 Å². The van der Waals surface area contributed by atoms with Gasteiger partial charge in [-0.3, -0.25) is 9.89 Å². The van der Waals surface area contributed by atoms with Crippen LogP contribution in [0.5, 0.6) is 0 Å². The van der Waals surface area contributed by atoms with Crippen LogP contribution in [0, 0.1) is 5.92 Å². The topological polar surface area (TPSA) is 51.1 Å². The molecular weight excluding hydrogens is 393 g/mol. The summed E-state index contributed by atoms with van der Waals surface area (Å²) in [5, 5.41) is 13.1. The Bertz CT molecular complexity index is 699. The molecule has 0 bridgehead atoms. The zero-order valence-electron chi connectivity index (χ0n) is 17.8. The van der Waals surface area contributed by atoms with Crippen molar-refractivity contribution in [1.29, 1.82) is 0 Å². The number of aliphatic hydroxyl groups excluding tert-OH is 1. The van der Waals surface area contributed by atoms with Crippen molar-refractivity contribution >= 4 is 5.96 Å². The zero-order valence-corrected chi connectivity index (χ0v) is 17.8. The van der Waals surface area contributed by atoms with Crippen LogP contribution in [-0.4, -0.2) is 66.7 Å². The lowest BCUT2D eigenvalue weighted by molar-refractivity contribution is -0.137. The van der Waals surface area contributed by atoms with Gasteiger partial charge in [0.05, 0.1) is 11.7 Å². The van der Waals surface area contributed by atoms with Crippen LogP contribution in [0.3, 0.4) is 0 Å². The summed E-state index contributed by atoms with van der Waals surface area (Å²) in [5.74, 6) is 1.10. The summed E-state index contributed by atoms with van der Waals surface area (Å²) in [6.45, 7) is 5.91. The number of rotatable bonds is 4. The quantitative estimate of drug-likeness (QED) is 0.572. The molecule has 2 fully saturated rings. The van der Waals surface area contributed by atoms with Gasteiger partial charge in [0.15, 0.2) is 5.96 Å². The van der Waals surface area contributed by atoms with E-state index in [1.807, 2.05) is 14.0 Å². The van der Waals surface area contributed by atoms with Gasteiger partial charge in [-0.25, -0.2) is 0 Å². The highest BCUT2D eigenvalue weighted by Crippen LogP contribution is 2.37. The summed E-state index contributed by atoms with van der Waals surface area (Å²) in [7, 11) is 2.04. The van der Waals surface area contributed by atoms with Gasteiger partial charge in [-0.15, -0.1) is 0 Å². The summed E-state index contributed by atoms with van der Waals surface area (Å²) in [5.41, 5.74) is 0.303. The second kappa shape index (κ2) is 10.0. The van der Waals surface area contributed by atoms with E-state index in [-0.39, 0.29) is 18.1 Å². The second-order valence-corrected chi connectivity index (χ2v) is 8.36. The summed E-state index contributed by atoms with van der Waals surface area (Å²) >= 11 is 0. The molecule has 2 aliphatic heterocycles. The Balaban J connectivity index is 1.75. The molecule has 0 aromatic heterocycles. The van der Waals surface area contributed by atoms with Crippen LogP contribution < -0.4 is 5.32 Å². The standard InChI is InChI=1S/C22H33F3N4O/c1-3-26-21(29-13-10-19(30)11-14-29)27-15-17-5-4-12-28(2)20(17)16-6-8-18(9-7-16)22(23,24)25/h6-9,17,19-20,30H,3-5,10-15H2,1-2H3,(H,26,27). The third kappa shape index (κ3) is 5.66. The molecule has 0 amide bonds. The Hall–Kier alpha value is -1.80. The van der Waals surface area contributed by atoms with Gasteiger partial charge in [0.2, 0.25) is 0 Å². The van der Waals surface area contributed by atoms with Crippen molar-refractivity contribution in [3.8, 4) is 0 Å². The fraction of sp³-hybridized carbons (Fsp3) is 0.682. The van der Waals surface area contributed by atoms with E-state index in [1.54, 1.807) is 12.1 Å². The number of hydrogen-bond acceptors (Lipinski definition) is 3. The van der Waals surface area contributed by atoms with E-state index in [9.17, 15) is 18.3 Å². The number of hydrogen-bond donors (Lipinski definition) is 2. The highest BCUT2D eigenvalue weighted by atomic mass is 19.4. The number of likely N-dealkylation sites (tertiary alicyclic amines) is 2. The number of aliphatic imine (C=N–C) groups is 1. The van der Waals surface area contributed by atoms with Crippen LogP contribution in [0.4, 0.5) is 13.2 Å². The lowest BCUT2D eigenvalue weighted by atomic mass is 9.84. The van der Waals surface area contributed by atoms with Crippen LogP contribution in [0.2, 0.25) is 0 Å². The number of nitrogens with zero attached hydrogens (tertiary/aromatic N) is 3. The van der Waals surface area contributed by atoms with Crippen LogP contribution >= 0.6 is 0 Å². The van der Waals surface area contributed by atoms with Gasteiger partial charge in [-0.05, 0) is 69.8 Å². The Kier molecular flexibility index (Phi) is 7.63. The molecule has 2 atom stereocenters. The van der Waals surface area contributed by atoms with E-state index in [1.165, 1.54) is 12.1 Å². The Labute approximate surface area is 177 Å². The van der Waals surface area contributed by atoms with Gasteiger partial charge >= 0.3 is 6.18 Å². The lowest BCUT2D eigenvalue weighted by Crippen LogP contribution is -2.47. The molecular formula is C22H33F3N4O. The third-order valence-corrected chi connectivity index (χ3v) is 6.16. The molecule has 2 aliphatic rings. The van der Waals surface area contributed by atoms with Crippen LogP contribution in [0.1, 0.15) is 49.8 Å². The maximum absolute atomic E-state index is 12.9. The minimum atomic E-state index is -4.32. The van der Waals surface area contributed by atoms with Crippen molar-refractivity contribution in [3.05, 3.63) is 35.4 Å². The first kappa shape index (κ1) is 22.9. The smallest absolute Gasteiger partial charge is 0.393 e. The molecule has 2 N–H and O–H groups in total. The first-order valence-electron chi connectivity index (χ1n) is 10.9. The van der Waals surface area contributed by atoms with Gasteiger partial charge in [0, 0.05) is 32.2 Å². The molecule has 0 aliphatic carbocycles. The number of guanidine groups is 1. The fourth-order valence-corrected chi connectivity index (χ4v) is 4.55. The van der Waals surface area contributed by atoms with E-state index in [0.29, 0.717) is 6.54 Å². The first-order valence-corrected chi connectivity index (χ1v) is 10.9. The third-order valence-electron chi connectivity index (χ3n) is 6.16. The summed E-state index contributed by atoms with van der Waals surface area (Å²) < 4.78 is 38.8. The SMILES string of the molecule is CCNC(=NCC1CCCN(C)C1c1ccc(C(F)(F)F)cc1)N1CCC(O)CC1. The number of aliphatic hydroxyl groups is 1. The Morgan fingerprint density at radius 1 is 1.13 bits per heavy atom. The van der Waals surface area contributed by atoms with Gasteiger partial charge in [-0.1, -0.05) is 12.1 Å². The molecule has 1 aromatic rings. The van der Waals surface area contributed by atoms with Crippen molar-refractivity contribution in [2.24, 2.45) is 10.9 Å². The maximum Gasteiger partial charge on any atom is 0.416 e. The van der Waals surface area contributed by atoms with Crippen LogP contribution in [0.15, 0.2) is 29.3 Å². The molecule has 0 spiro atoms. The van der Waals surface area contributed by atoms with Crippen LogP contribution in [0.25, 0.3) is 0 Å². The van der Waals surface area contributed by atoms with E-state index in [0.717, 1.165) is 63.4 Å². The predicted octanol–water partition coefficient (Wildman–Crippen LogP) is 3.51. The highest BCUT2D eigenvalue weighted by Gasteiger charge is 2.33. The molecule has 3 rings (SSSR count). The summed E-state index contributed by atoms with van der Waals surface area (Å²) in [4.78, 5) is 9.32. The van der Waals surface area contributed by atoms with Gasteiger partial charge < -0.3 is 15.3 Å². The summed E-state index contributed by atoms with van der Waals surface area (Å²) in [6.07, 6.45) is -1.02. The monoisotopic (exact) mass is 426 g/mol. The number of benzene rings is 1. The molecule has 2 saturated heterocycles. The normalized spacial score (nSPS) is 24.9. The van der Waals surface area contributed by atoms with E-state index in [2.05, 4.69) is 15.1 Å². The average molecular weight is 427 g/mol. The highest BCUT2D eigenvalue weighted by molar-refractivity contribution is 5.80. The van der Waals surface area contributed by atoms with Crippen molar-refractivity contribution in [2.45, 2.75) is 50.9 Å². The van der Waals surface area contributed by atoms with E-state index < -0.39 is 11.7 Å². The van der Waals surface area contributed by atoms with E-state index in [4.69, 9.17) is 4.99 Å². The molecule has 0 radical (unpaired) electrons. The molecule has 2 heterocycles. The molecule has 0 saturated carbocycles. The summed E-state index contributed by atoms with van der Waals surface area (Å²) in [6, 6.07) is 5.64. The number of halogens is 3. The van der Waals surface area contributed by atoms with Crippen LogP contribution in [-0.2, 0) is 6.18 Å². The second-order valence-electron chi connectivity index (χ2n) is 8.36. The number of nitrogens with one attached hydrogen (secondary N) is 1. The molecule has 168 valence electrons. The molecule has 5 nitrogen and oxygen atoms in total.